The fraction of sp³-hybridized carbons (Fsp3) is 0.353. The van der Waals surface area contributed by atoms with Gasteiger partial charge in [-0.3, -0.25) is 4.79 Å². The maximum absolute atomic E-state index is 12.5. The molecule has 22 heavy (non-hydrogen) atoms. The highest BCUT2D eigenvalue weighted by Crippen LogP contribution is 2.27. The Morgan fingerprint density at radius 1 is 1.14 bits per heavy atom. The molecule has 0 saturated heterocycles. The second kappa shape index (κ2) is 6.13. The molecule has 1 amide bonds. The molecule has 2 N–H and O–H groups in total. The third kappa shape index (κ3) is 3.08. The summed E-state index contributed by atoms with van der Waals surface area (Å²) < 4.78 is 0. The van der Waals surface area contributed by atoms with Crippen LogP contribution in [0.3, 0.4) is 0 Å². The van der Waals surface area contributed by atoms with Gasteiger partial charge in [0.25, 0.3) is 5.91 Å². The van der Waals surface area contributed by atoms with Crippen molar-refractivity contribution in [2.75, 3.05) is 19.8 Å². The van der Waals surface area contributed by atoms with Crippen molar-refractivity contribution in [2.24, 2.45) is 0 Å². The average Bonchev–Trinajstić information content (AvgIpc) is 2.45. The van der Waals surface area contributed by atoms with Gasteiger partial charge in [-0.1, -0.05) is 38.1 Å². The van der Waals surface area contributed by atoms with Crippen molar-refractivity contribution in [3.63, 3.8) is 0 Å². The molecule has 1 heterocycles. The predicted molar refractivity (Wildman–Crippen MR) is 88.7 cm³/mol. The summed E-state index contributed by atoms with van der Waals surface area (Å²) in [6, 6.07) is 8.06. The molecule has 0 spiro atoms. The number of rotatable bonds is 3. The van der Waals surface area contributed by atoms with E-state index >= 15 is 0 Å². The van der Waals surface area contributed by atoms with Crippen molar-refractivity contribution < 1.29 is 4.79 Å². The van der Waals surface area contributed by atoms with Crippen LogP contribution in [0.2, 0.25) is 0 Å². The number of hydrogen-bond donors (Lipinski definition) is 1. The number of carbonyl (C=O) groups is 1. The van der Waals surface area contributed by atoms with Crippen LogP contribution in [-0.4, -0.2) is 34.9 Å². The number of nitrogens with zero attached hydrogens (tertiary/aromatic N) is 3. The van der Waals surface area contributed by atoms with Crippen LogP contribution in [0, 0.1) is 6.92 Å². The summed E-state index contributed by atoms with van der Waals surface area (Å²) >= 11 is 0. The van der Waals surface area contributed by atoms with Gasteiger partial charge < -0.3 is 10.6 Å². The van der Waals surface area contributed by atoms with E-state index in [1.807, 2.05) is 12.1 Å². The van der Waals surface area contributed by atoms with Gasteiger partial charge in [0.15, 0.2) is 0 Å². The molecule has 0 radical (unpaired) electrons. The monoisotopic (exact) mass is 298 g/mol. The van der Waals surface area contributed by atoms with Crippen LogP contribution >= 0.6 is 0 Å². The van der Waals surface area contributed by atoms with E-state index in [1.165, 1.54) is 10.5 Å². The van der Waals surface area contributed by atoms with Crippen LogP contribution in [-0.2, 0) is 0 Å². The van der Waals surface area contributed by atoms with E-state index in [0.717, 1.165) is 5.56 Å². The van der Waals surface area contributed by atoms with Gasteiger partial charge in [-0.2, -0.15) is 0 Å². The maximum atomic E-state index is 12.5. The molecule has 0 atom stereocenters. The lowest BCUT2D eigenvalue weighted by atomic mass is 9.98. The minimum atomic E-state index is -0.125. The van der Waals surface area contributed by atoms with Crippen molar-refractivity contribution >= 4 is 11.9 Å². The van der Waals surface area contributed by atoms with E-state index in [1.54, 1.807) is 21.0 Å². The number of nitrogen functional groups attached to an aromatic ring is 1. The minimum absolute atomic E-state index is 0.125. The molecule has 2 aromatic rings. The normalized spacial score (nSPS) is 10.8. The van der Waals surface area contributed by atoms with E-state index in [4.69, 9.17) is 5.73 Å². The third-order valence-electron chi connectivity index (χ3n) is 3.58. The second-order valence-electron chi connectivity index (χ2n) is 5.87. The Morgan fingerprint density at radius 2 is 1.73 bits per heavy atom. The molecule has 0 unspecified atom stereocenters. The largest absolute Gasteiger partial charge is 0.368 e. The van der Waals surface area contributed by atoms with E-state index in [0.29, 0.717) is 22.9 Å². The molecule has 0 fully saturated rings. The zero-order valence-corrected chi connectivity index (χ0v) is 13.7. The van der Waals surface area contributed by atoms with Gasteiger partial charge in [-0.05, 0) is 18.4 Å². The lowest BCUT2D eigenvalue weighted by molar-refractivity contribution is 0.0827. The summed E-state index contributed by atoms with van der Waals surface area (Å²) in [6.45, 7) is 6.06. The molecule has 2 rings (SSSR count). The topological polar surface area (TPSA) is 72.1 Å². The molecule has 5 heteroatoms. The lowest BCUT2D eigenvalue weighted by Crippen LogP contribution is -2.24. The Morgan fingerprint density at radius 3 is 2.23 bits per heavy atom. The molecule has 116 valence electrons. The highest BCUT2D eigenvalue weighted by molar-refractivity contribution is 6.00. The minimum Gasteiger partial charge on any atom is -0.368 e. The third-order valence-corrected chi connectivity index (χ3v) is 3.58. The van der Waals surface area contributed by atoms with Crippen LogP contribution < -0.4 is 5.73 Å². The fourth-order valence-corrected chi connectivity index (χ4v) is 2.31. The lowest BCUT2D eigenvalue weighted by Gasteiger charge is -2.16. The molecular formula is C17H22N4O. The zero-order valence-electron chi connectivity index (χ0n) is 13.7. The Balaban J connectivity index is 2.60. The summed E-state index contributed by atoms with van der Waals surface area (Å²) in [5.41, 5.74) is 9.55. The van der Waals surface area contributed by atoms with Gasteiger partial charge in [0.1, 0.15) is 0 Å². The molecule has 0 aliphatic rings. The first kappa shape index (κ1) is 15.9. The van der Waals surface area contributed by atoms with Gasteiger partial charge in [-0.25, -0.2) is 9.97 Å². The quantitative estimate of drug-likeness (QED) is 0.945. The van der Waals surface area contributed by atoms with E-state index in [2.05, 4.69) is 35.9 Å². The first-order chi connectivity index (χ1) is 10.3. The summed E-state index contributed by atoms with van der Waals surface area (Å²) in [5, 5.41) is 0. The number of aryl methyl sites for hydroxylation is 1. The van der Waals surface area contributed by atoms with E-state index in [-0.39, 0.29) is 11.9 Å². The first-order valence-corrected chi connectivity index (χ1v) is 7.27. The molecule has 1 aromatic heterocycles. The molecule has 0 aliphatic heterocycles. The number of carbonyl (C=O) groups excluding carboxylic acids is 1. The number of aromatic nitrogens is 2. The smallest absolute Gasteiger partial charge is 0.257 e. The Bertz CT molecular complexity index is 691. The zero-order chi connectivity index (χ0) is 16.4. The molecule has 0 bridgehead atoms. The number of nitrogens with two attached hydrogens (primary N) is 1. The summed E-state index contributed by atoms with van der Waals surface area (Å²) in [7, 11) is 3.42. The molecule has 5 nitrogen and oxygen atoms in total. The number of anilines is 1. The second-order valence-corrected chi connectivity index (χ2v) is 5.87. The van der Waals surface area contributed by atoms with Crippen molar-refractivity contribution in [3.8, 4) is 11.3 Å². The molecular weight excluding hydrogens is 276 g/mol. The fourth-order valence-electron chi connectivity index (χ4n) is 2.31. The predicted octanol–water partition coefficient (Wildman–Crippen LogP) is 2.86. The van der Waals surface area contributed by atoms with Gasteiger partial charge in [0.2, 0.25) is 5.95 Å². The van der Waals surface area contributed by atoms with Crippen LogP contribution in [0.4, 0.5) is 5.95 Å². The van der Waals surface area contributed by atoms with Crippen molar-refractivity contribution in [1.82, 2.24) is 14.9 Å². The Labute approximate surface area is 131 Å². The van der Waals surface area contributed by atoms with Gasteiger partial charge >= 0.3 is 0 Å². The SMILES string of the molecule is Cc1nc(N)nc(-c2ccc(C(C)C)cc2)c1C(=O)N(C)C. The van der Waals surface area contributed by atoms with Gasteiger partial charge in [0.05, 0.1) is 17.0 Å². The van der Waals surface area contributed by atoms with E-state index < -0.39 is 0 Å². The number of hydrogen-bond acceptors (Lipinski definition) is 4. The molecule has 0 saturated carbocycles. The average molecular weight is 298 g/mol. The van der Waals surface area contributed by atoms with Crippen LogP contribution in [0.25, 0.3) is 11.3 Å². The number of amides is 1. The van der Waals surface area contributed by atoms with Crippen molar-refractivity contribution in [1.29, 1.82) is 0 Å². The summed E-state index contributed by atoms with van der Waals surface area (Å²) in [6.07, 6.45) is 0. The van der Waals surface area contributed by atoms with Crippen LogP contribution in [0.5, 0.6) is 0 Å². The highest BCUT2D eigenvalue weighted by Gasteiger charge is 2.20. The Kier molecular flexibility index (Phi) is 4.45. The first-order valence-electron chi connectivity index (χ1n) is 7.27. The summed E-state index contributed by atoms with van der Waals surface area (Å²) in [5.74, 6) is 0.505. The van der Waals surface area contributed by atoms with Gasteiger partial charge in [0, 0.05) is 19.7 Å². The van der Waals surface area contributed by atoms with Crippen LogP contribution in [0.15, 0.2) is 24.3 Å². The van der Waals surface area contributed by atoms with Gasteiger partial charge in [-0.15, -0.1) is 0 Å². The van der Waals surface area contributed by atoms with Crippen molar-refractivity contribution in [3.05, 3.63) is 41.1 Å². The maximum Gasteiger partial charge on any atom is 0.257 e. The number of benzene rings is 1. The summed E-state index contributed by atoms with van der Waals surface area (Å²) in [4.78, 5) is 22.4. The van der Waals surface area contributed by atoms with E-state index in [9.17, 15) is 4.79 Å². The standard InChI is InChI=1S/C17H22N4O/c1-10(2)12-6-8-13(9-7-12)15-14(16(22)21(4)5)11(3)19-17(18)20-15/h6-10H,1-5H3,(H2,18,19,20). The molecule has 1 aromatic carbocycles. The Hall–Kier alpha value is -2.43. The van der Waals surface area contributed by atoms with Crippen LogP contribution in [0.1, 0.15) is 41.4 Å². The van der Waals surface area contributed by atoms with Crippen molar-refractivity contribution in [2.45, 2.75) is 26.7 Å². The molecule has 0 aliphatic carbocycles. The highest BCUT2D eigenvalue weighted by atomic mass is 16.2.